The van der Waals surface area contributed by atoms with E-state index in [1.54, 1.807) is 10.7 Å². The molecular weight excluding hydrogens is 243 g/mol. The Morgan fingerprint density at radius 3 is 2.89 bits per heavy atom. The van der Waals surface area contributed by atoms with Gasteiger partial charge >= 0.3 is 0 Å². The molecule has 1 aromatic carbocycles. The van der Waals surface area contributed by atoms with Crippen molar-refractivity contribution in [2.75, 3.05) is 0 Å². The summed E-state index contributed by atoms with van der Waals surface area (Å²) in [6.45, 7) is 4.56. The summed E-state index contributed by atoms with van der Waals surface area (Å²) in [6, 6.07) is 4.70. The number of nitrogens with zero attached hydrogens (tertiary/aromatic N) is 3. The topological polar surface area (TPSA) is 56.7 Å². The molecule has 102 valence electrons. The van der Waals surface area contributed by atoms with Crippen LogP contribution in [0.4, 0.5) is 4.39 Å². The van der Waals surface area contributed by atoms with Crippen molar-refractivity contribution in [2.45, 2.75) is 39.3 Å². The van der Waals surface area contributed by atoms with Crippen LogP contribution in [0.25, 0.3) is 0 Å². The van der Waals surface area contributed by atoms with Gasteiger partial charge in [0.1, 0.15) is 5.82 Å². The molecule has 0 saturated carbocycles. The molecule has 0 aliphatic carbocycles. The lowest BCUT2D eigenvalue weighted by atomic mass is 10.1. The second-order valence-electron chi connectivity index (χ2n) is 4.81. The van der Waals surface area contributed by atoms with Crippen molar-refractivity contribution in [3.05, 3.63) is 47.0 Å². The molecule has 0 bridgehead atoms. The number of hydrogen-bond acceptors (Lipinski definition) is 3. The summed E-state index contributed by atoms with van der Waals surface area (Å²) < 4.78 is 14.8. The van der Waals surface area contributed by atoms with E-state index in [0.717, 1.165) is 29.7 Å². The number of rotatable bonds is 5. The summed E-state index contributed by atoms with van der Waals surface area (Å²) in [5.74, 6) is -0.217. The third-order valence-electron chi connectivity index (χ3n) is 3.17. The van der Waals surface area contributed by atoms with Gasteiger partial charge in [0.15, 0.2) is 0 Å². The molecule has 2 N–H and O–H groups in total. The fraction of sp³-hybridized carbons (Fsp3) is 0.429. The van der Waals surface area contributed by atoms with Crippen LogP contribution < -0.4 is 5.73 Å². The number of hydrogen-bond donors (Lipinski definition) is 1. The number of aryl methyl sites for hydroxylation is 1. The zero-order valence-electron chi connectivity index (χ0n) is 11.3. The predicted octanol–water partition coefficient (Wildman–Crippen LogP) is 2.57. The van der Waals surface area contributed by atoms with E-state index in [9.17, 15) is 4.39 Å². The van der Waals surface area contributed by atoms with Gasteiger partial charge in [-0.15, -0.1) is 5.10 Å². The SMILES string of the molecule is CCCC(N)c1cn(Cc2ccc(F)cc2C)nn1. The van der Waals surface area contributed by atoms with E-state index in [4.69, 9.17) is 5.73 Å². The Hall–Kier alpha value is -1.75. The number of nitrogens with two attached hydrogens (primary N) is 1. The van der Waals surface area contributed by atoms with Crippen molar-refractivity contribution in [1.29, 1.82) is 0 Å². The normalized spacial score (nSPS) is 12.6. The van der Waals surface area contributed by atoms with Crippen LogP contribution >= 0.6 is 0 Å². The van der Waals surface area contributed by atoms with Gasteiger partial charge in [0.2, 0.25) is 0 Å². The van der Waals surface area contributed by atoms with Gasteiger partial charge in [-0.3, -0.25) is 0 Å². The van der Waals surface area contributed by atoms with Gasteiger partial charge in [0.05, 0.1) is 24.5 Å². The first-order valence-corrected chi connectivity index (χ1v) is 6.50. The number of halogens is 1. The lowest BCUT2D eigenvalue weighted by molar-refractivity contribution is 0.614. The van der Waals surface area contributed by atoms with E-state index < -0.39 is 0 Å². The Morgan fingerprint density at radius 1 is 1.42 bits per heavy atom. The molecule has 0 aliphatic rings. The molecule has 2 rings (SSSR count). The third-order valence-corrected chi connectivity index (χ3v) is 3.17. The highest BCUT2D eigenvalue weighted by Gasteiger charge is 2.10. The summed E-state index contributed by atoms with van der Waals surface area (Å²) in [5, 5.41) is 8.16. The molecule has 1 unspecified atom stereocenters. The average molecular weight is 262 g/mol. The van der Waals surface area contributed by atoms with E-state index in [-0.39, 0.29) is 11.9 Å². The monoisotopic (exact) mass is 262 g/mol. The standard InChI is InChI=1S/C14H19FN4/c1-3-4-13(16)14-9-19(18-17-14)8-11-5-6-12(15)7-10(11)2/h5-7,9,13H,3-4,8,16H2,1-2H3. The maximum Gasteiger partial charge on any atom is 0.123 e. The van der Waals surface area contributed by atoms with Crippen molar-refractivity contribution in [1.82, 2.24) is 15.0 Å². The van der Waals surface area contributed by atoms with Crippen LogP contribution in [-0.4, -0.2) is 15.0 Å². The molecule has 0 amide bonds. The lowest BCUT2D eigenvalue weighted by Gasteiger charge is -2.06. The lowest BCUT2D eigenvalue weighted by Crippen LogP contribution is -2.10. The minimum Gasteiger partial charge on any atom is -0.323 e. The summed E-state index contributed by atoms with van der Waals surface area (Å²) >= 11 is 0. The summed E-state index contributed by atoms with van der Waals surface area (Å²) in [6.07, 6.45) is 3.78. The Labute approximate surface area is 112 Å². The Bertz CT molecular complexity index is 550. The molecule has 0 radical (unpaired) electrons. The van der Waals surface area contributed by atoms with Gasteiger partial charge in [-0.05, 0) is 36.6 Å². The maximum absolute atomic E-state index is 13.0. The van der Waals surface area contributed by atoms with Crippen LogP contribution in [0.3, 0.4) is 0 Å². The third kappa shape index (κ3) is 3.38. The van der Waals surface area contributed by atoms with Crippen LogP contribution in [0, 0.1) is 12.7 Å². The zero-order valence-corrected chi connectivity index (χ0v) is 11.3. The van der Waals surface area contributed by atoms with E-state index in [1.807, 2.05) is 13.1 Å². The van der Waals surface area contributed by atoms with Crippen molar-refractivity contribution >= 4 is 0 Å². The highest BCUT2D eigenvalue weighted by atomic mass is 19.1. The fourth-order valence-electron chi connectivity index (χ4n) is 2.03. The van der Waals surface area contributed by atoms with E-state index in [1.165, 1.54) is 12.1 Å². The van der Waals surface area contributed by atoms with E-state index >= 15 is 0 Å². The first-order chi connectivity index (χ1) is 9.10. The van der Waals surface area contributed by atoms with Gasteiger partial charge in [0, 0.05) is 0 Å². The molecule has 0 aliphatic heterocycles. The maximum atomic E-state index is 13.0. The molecule has 0 fully saturated rings. The quantitative estimate of drug-likeness (QED) is 0.901. The minimum atomic E-state index is -0.217. The molecule has 4 nitrogen and oxygen atoms in total. The van der Waals surface area contributed by atoms with E-state index in [2.05, 4.69) is 17.2 Å². The molecule has 1 heterocycles. The summed E-state index contributed by atoms with van der Waals surface area (Å²) in [7, 11) is 0. The minimum absolute atomic E-state index is 0.0620. The van der Waals surface area contributed by atoms with Gasteiger partial charge < -0.3 is 5.73 Å². The van der Waals surface area contributed by atoms with Crippen LogP contribution in [-0.2, 0) is 6.54 Å². The molecule has 1 aromatic heterocycles. The fourth-order valence-corrected chi connectivity index (χ4v) is 2.03. The van der Waals surface area contributed by atoms with Crippen LogP contribution in [0.5, 0.6) is 0 Å². The Morgan fingerprint density at radius 2 is 2.21 bits per heavy atom. The van der Waals surface area contributed by atoms with Crippen molar-refractivity contribution in [2.24, 2.45) is 5.73 Å². The van der Waals surface area contributed by atoms with Crippen LogP contribution in [0.1, 0.15) is 42.6 Å². The zero-order chi connectivity index (χ0) is 13.8. The number of benzene rings is 1. The number of aromatic nitrogens is 3. The molecular formula is C14H19FN4. The van der Waals surface area contributed by atoms with Crippen molar-refractivity contribution < 1.29 is 4.39 Å². The molecule has 2 aromatic rings. The largest absolute Gasteiger partial charge is 0.323 e. The predicted molar refractivity (Wildman–Crippen MR) is 72.1 cm³/mol. The van der Waals surface area contributed by atoms with Crippen molar-refractivity contribution in [3.63, 3.8) is 0 Å². The molecule has 0 saturated heterocycles. The van der Waals surface area contributed by atoms with Gasteiger partial charge in [-0.2, -0.15) is 0 Å². The van der Waals surface area contributed by atoms with Gasteiger partial charge in [-0.25, -0.2) is 9.07 Å². The van der Waals surface area contributed by atoms with Crippen molar-refractivity contribution in [3.8, 4) is 0 Å². The highest BCUT2D eigenvalue weighted by molar-refractivity contribution is 5.26. The Balaban J connectivity index is 2.11. The first kappa shape index (κ1) is 13.7. The van der Waals surface area contributed by atoms with Gasteiger partial charge in [-0.1, -0.05) is 24.6 Å². The molecule has 1 atom stereocenters. The molecule has 0 spiro atoms. The average Bonchev–Trinajstić information content (AvgIpc) is 2.82. The highest BCUT2D eigenvalue weighted by Crippen LogP contribution is 2.14. The van der Waals surface area contributed by atoms with Gasteiger partial charge in [0.25, 0.3) is 0 Å². The summed E-state index contributed by atoms with van der Waals surface area (Å²) in [5.41, 5.74) is 8.75. The second kappa shape index (κ2) is 5.93. The first-order valence-electron chi connectivity index (χ1n) is 6.50. The van der Waals surface area contributed by atoms with E-state index in [0.29, 0.717) is 6.54 Å². The smallest absolute Gasteiger partial charge is 0.123 e. The van der Waals surface area contributed by atoms with Crippen LogP contribution in [0.2, 0.25) is 0 Å². The molecule has 19 heavy (non-hydrogen) atoms. The van der Waals surface area contributed by atoms with Crippen LogP contribution in [0.15, 0.2) is 24.4 Å². The second-order valence-corrected chi connectivity index (χ2v) is 4.81. The molecule has 5 heteroatoms. The Kier molecular flexibility index (Phi) is 4.27. The summed E-state index contributed by atoms with van der Waals surface area (Å²) in [4.78, 5) is 0.